The molecule has 0 aliphatic carbocycles. The Kier molecular flexibility index (Phi) is 6.72. The molecule has 13 aromatic rings. The highest BCUT2D eigenvalue weighted by Gasteiger charge is 2.36. The molecule has 0 bridgehead atoms. The van der Waals surface area contributed by atoms with E-state index < -0.39 is 0 Å². The molecule has 0 aliphatic heterocycles. The van der Waals surface area contributed by atoms with Crippen molar-refractivity contribution in [3.05, 3.63) is 105 Å². The smallest absolute Gasteiger partial charge is 0.130 e. The number of benzene rings is 13. The van der Waals surface area contributed by atoms with Crippen molar-refractivity contribution in [3.63, 3.8) is 0 Å². The second kappa shape index (κ2) is 11.1. The minimum atomic E-state index is -0.195. The van der Waals surface area contributed by atoms with E-state index in [4.69, 9.17) is 0 Å². The highest BCUT2D eigenvalue weighted by molar-refractivity contribution is 6.61. The number of halogens is 2. The third kappa shape index (κ3) is 4.23. The van der Waals surface area contributed by atoms with Gasteiger partial charge in [0.2, 0.25) is 0 Å². The minimum absolute atomic E-state index is 0.121. The van der Waals surface area contributed by atoms with Crippen molar-refractivity contribution < 1.29 is 8.78 Å². The van der Waals surface area contributed by atoms with Gasteiger partial charge in [0.15, 0.2) is 0 Å². The molecule has 0 aromatic heterocycles. The SMILES string of the molecule is Cc1c(F)c(C)c2c3c(C)c(F)c(C)c4c5cc(C(C)(C)C)cc6c7cc(C(C)(C)C)cc8c9cc(C(C)(C)C)cc%10c%11cc(C(C)(C)C)cc%12c1c2c1c(c%11%12)c(c9%10)c(c87)c(c65)c1c43. The summed E-state index contributed by atoms with van der Waals surface area (Å²) in [4.78, 5) is 0. The summed E-state index contributed by atoms with van der Waals surface area (Å²) >= 11 is 0. The van der Waals surface area contributed by atoms with Gasteiger partial charge in [0.1, 0.15) is 11.6 Å². The Hall–Kier alpha value is -5.60. The van der Waals surface area contributed by atoms with Crippen molar-refractivity contribution in [2.24, 2.45) is 0 Å². The van der Waals surface area contributed by atoms with Gasteiger partial charge in [0.05, 0.1) is 0 Å². The summed E-state index contributed by atoms with van der Waals surface area (Å²) in [5.41, 5.74) is 7.04. The van der Waals surface area contributed by atoms with Gasteiger partial charge >= 0.3 is 0 Å². The Bertz CT molecular complexity index is 3960. The molecule has 13 rings (SSSR count). The van der Waals surface area contributed by atoms with Gasteiger partial charge in [-0.3, -0.25) is 0 Å². The zero-order chi connectivity index (χ0) is 45.3. The lowest BCUT2D eigenvalue weighted by Crippen LogP contribution is -2.14. The molecule has 0 heterocycles. The monoisotopic (exact) mass is 838 g/mol. The third-order valence-corrected chi connectivity index (χ3v) is 16.5. The maximum Gasteiger partial charge on any atom is 0.130 e. The van der Waals surface area contributed by atoms with Crippen LogP contribution in [0.2, 0.25) is 0 Å². The van der Waals surface area contributed by atoms with E-state index in [0.29, 0.717) is 22.3 Å². The van der Waals surface area contributed by atoms with Gasteiger partial charge in [-0.1, -0.05) is 83.1 Å². The Morgan fingerprint density at radius 2 is 0.406 bits per heavy atom. The summed E-state index contributed by atoms with van der Waals surface area (Å²) in [7, 11) is 0. The molecule has 0 spiro atoms. The lowest BCUT2D eigenvalue weighted by Gasteiger charge is -2.33. The molecule has 0 unspecified atom stereocenters. The fraction of sp³-hybridized carbons (Fsp3) is 0.323. The first-order valence-corrected chi connectivity index (χ1v) is 23.5. The molecule has 0 fully saturated rings. The molecule has 0 saturated carbocycles. The molecule has 318 valence electrons. The van der Waals surface area contributed by atoms with Crippen LogP contribution in [-0.4, -0.2) is 0 Å². The third-order valence-electron chi connectivity index (χ3n) is 16.5. The molecule has 0 N–H and O–H groups in total. The summed E-state index contributed by atoms with van der Waals surface area (Å²) in [6, 6.07) is 19.8. The fourth-order valence-electron chi connectivity index (χ4n) is 13.1. The summed E-state index contributed by atoms with van der Waals surface area (Å²) in [5.74, 6) is -0.390. The summed E-state index contributed by atoms with van der Waals surface area (Å²) in [5, 5.41) is 28.4. The van der Waals surface area contributed by atoms with Gasteiger partial charge in [0.25, 0.3) is 0 Å². The van der Waals surface area contributed by atoms with Gasteiger partial charge < -0.3 is 0 Å². The maximum atomic E-state index is 17.6. The van der Waals surface area contributed by atoms with Crippen LogP contribution in [0.1, 0.15) is 128 Å². The van der Waals surface area contributed by atoms with Crippen LogP contribution >= 0.6 is 0 Å². The average Bonchev–Trinajstić information content (AvgIpc) is 3.21. The number of hydrogen-bond acceptors (Lipinski definition) is 0. The van der Waals surface area contributed by atoms with Gasteiger partial charge in [0, 0.05) is 0 Å². The topological polar surface area (TPSA) is 0 Å². The van der Waals surface area contributed by atoms with Crippen molar-refractivity contribution in [1.82, 2.24) is 0 Å². The first-order valence-electron chi connectivity index (χ1n) is 23.5. The van der Waals surface area contributed by atoms with E-state index in [1.807, 2.05) is 27.7 Å². The maximum absolute atomic E-state index is 17.6. The standard InChI is InChI=1S/C62H56F2/c1-25-41-39-23-31(61(11,12)13)21-37-35-19-29(59(5,6)7)17-33-34-18-30(60(8,9)10)20-36-38-22-32(62(14,15)16)24-40-42-26(2)58(64)28(4)44-43(27(3)57(25)63)49(41)55-53(47(37)39)51(45(33)35)52(46(34)36)54(48(38)40)56(55)50(42)44/h17-24H,1-16H3. The Labute approximate surface area is 373 Å². The number of fused-ring (bicyclic) bond motifs is 6. The van der Waals surface area contributed by atoms with Crippen LogP contribution in [0, 0.1) is 39.3 Å². The molecule has 2 heteroatoms. The molecule has 64 heavy (non-hydrogen) atoms. The first kappa shape index (κ1) is 38.8. The number of hydrogen-bond donors (Lipinski definition) is 0. The molecule has 13 aromatic carbocycles. The van der Waals surface area contributed by atoms with Gasteiger partial charge in [-0.2, -0.15) is 0 Å². The molecule has 0 saturated heterocycles. The lowest BCUT2D eigenvalue weighted by molar-refractivity contribution is 0.591. The molecule has 0 atom stereocenters. The van der Waals surface area contributed by atoms with Crippen molar-refractivity contribution in [1.29, 1.82) is 0 Å². The average molecular weight is 839 g/mol. The van der Waals surface area contributed by atoms with Crippen LogP contribution in [-0.2, 0) is 21.7 Å². The molecular formula is C62H56F2. The van der Waals surface area contributed by atoms with E-state index in [-0.39, 0.29) is 33.3 Å². The van der Waals surface area contributed by atoms with E-state index in [9.17, 15) is 0 Å². The predicted octanol–water partition coefficient (Wildman–Crippen LogP) is 18.9. The van der Waals surface area contributed by atoms with Crippen molar-refractivity contribution in [2.45, 2.75) is 132 Å². The Morgan fingerprint density at radius 1 is 0.234 bits per heavy atom. The van der Waals surface area contributed by atoms with Crippen molar-refractivity contribution in [3.8, 4) is 0 Å². The van der Waals surface area contributed by atoms with Gasteiger partial charge in [-0.05, 0) is 272 Å². The molecule has 0 nitrogen and oxygen atoms in total. The van der Waals surface area contributed by atoms with Crippen LogP contribution in [0.3, 0.4) is 0 Å². The second-order valence-electron chi connectivity index (χ2n) is 24.4. The summed E-state index contributed by atoms with van der Waals surface area (Å²) in [6.45, 7) is 35.7. The zero-order valence-electron chi connectivity index (χ0n) is 40.4. The fourth-order valence-corrected chi connectivity index (χ4v) is 13.1. The van der Waals surface area contributed by atoms with E-state index in [2.05, 4.69) is 132 Å². The summed E-state index contributed by atoms with van der Waals surface area (Å²) < 4.78 is 35.1. The van der Waals surface area contributed by atoms with Crippen LogP contribution in [0.15, 0.2) is 48.5 Å². The van der Waals surface area contributed by atoms with E-state index in [0.717, 1.165) is 43.1 Å². The molecule has 0 aliphatic rings. The van der Waals surface area contributed by atoms with Crippen molar-refractivity contribution >= 4 is 129 Å². The van der Waals surface area contributed by atoms with Gasteiger partial charge in [-0.15, -0.1) is 0 Å². The normalized spacial score (nSPS) is 14.4. The number of rotatable bonds is 0. The highest BCUT2D eigenvalue weighted by atomic mass is 19.1. The van der Waals surface area contributed by atoms with Crippen LogP contribution in [0.4, 0.5) is 8.78 Å². The molecule has 0 amide bonds. The number of aryl methyl sites for hydroxylation is 4. The minimum Gasteiger partial charge on any atom is -0.206 e. The van der Waals surface area contributed by atoms with Crippen LogP contribution in [0.25, 0.3) is 129 Å². The zero-order valence-corrected chi connectivity index (χ0v) is 40.4. The second-order valence-corrected chi connectivity index (χ2v) is 24.4. The van der Waals surface area contributed by atoms with Crippen molar-refractivity contribution in [2.75, 3.05) is 0 Å². The largest absolute Gasteiger partial charge is 0.206 e. The van der Waals surface area contributed by atoms with E-state index in [1.54, 1.807) is 0 Å². The quantitative estimate of drug-likeness (QED) is 0.105. The predicted molar refractivity (Wildman–Crippen MR) is 277 cm³/mol. The molecule has 0 radical (unpaired) electrons. The Morgan fingerprint density at radius 3 is 0.641 bits per heavy atom. The lowest BCUT2D eigenvalue weighted by atomic mass is 9.70. The van der Waals surface area contributed by atoms with Crippen LogP contribution in [0.5, 0.6) is 0 Å². The van der Waals surface area contributed by atoms with E-state index >= 15 is 8.78 Å². The molecular weight excluding hydrogens is 783 g/mol. The highest BCUT2D eigenvalue weighted by Crippen LogP contribution is 2.62. The Balaban J connectivity index is 1.55. The summed E-state index contributed by atoms with van der Waals surface area (Å²) in [6.07, 6.45) is 0. The first-order chi connectivity index (χ1) is 29.8. The van der Waals surface area contributed by atoms with Crippen LogP contribution < -0.4 is 0 Å². The van der Waals surface area contributed by atoms with Gasteiger partial charge in [-0.25, -0.2) is 8.78 Å². The van der Waals surface area contributed by atoms with E-state index in [1.165, 1.54) is 108 Å².